The number of halogens is 1. The van der Waals surface area contributed by atoms with Crippen molar-refractivity contribution >= 4 is 6.03 Å². The Balaban J connectivity index is 1.61. The molecule has 1 heterocycles. The third-order valence-electron chi connectivity index (χ3n) is 3.48. The van der Waals surface area contributed by atoms with E-state index < -0.39 is 5.54 Å². The van der Waals surface area contributed by atoms with Crippen LogP contribution in [0.1, 0.15) is 24.2 Å². The van der Waals surface area contributed by atoms with E-state index in [9.17, 15) is 9.18 Å². The Morgan fingerprint density at radius 1 is 1.30 bits per heavy atom. The molecule has 1 saturated carbocycles. The smallest absolute Gasteiger partial charge is 0.315 e. The van der Waals surface area contributed by atoms with Crippen LogP contribution in [0.3, 0.4) is 0 Å². The number of rotatable bonds is 4. The minimum Gasteiger partial charge on any atom is -0.467 e. The lowest BCUT2D eigenvalue weighted by Gasteiger charge is -2.18. The van der Waals surface area contributed by atoms with Gasteiger partial charge in [0.2, 0.25) is 0 Å². The topological polar surface area (TPSA) is 54.3 Å². The van der Waals surface area contributed by atoms with Gasteiger partial charge in [0.05, 0.1) is 18.3 Å². The Morgan fingerprint density at radius 3 is 2.80 bits per heavy atom. The van der Waals surface area contributed by atoms with E-state index in [1.165, 1.54) is 12.1 Å². The van der Waals surface area contributed by atoms with E-state index in [1.807, 2.05) is 6.07 Å². The second-order valence-corrected chi connectivity index (χ2v) is 4.98. The van der Waals surface area contributed by atoms with Gasteiger partial charge < -0.3 is 15.1 Å². The van der Waals surface area contributed by atoms with Crippen LogP contribution < -0.4 is 10.6 Å². The molecule has 1 aliphatic carbocycles. The Morgan fingerprint density at radius 2 is 2.15 bits per heavy atom. The fourth-order valence-electron chi connectivity index (χ4n) is 2.24. The average Bonchev–Trinajstić information content (AvgIpc) is 3.02. The molecule has 0 atom stereocenters. The number of carbonyl (C=O) groups is 1. The van der Waals surface area contributed by atoms with Crippen LogP contribution in [0, 0.1) is 5.82 Å². The molecule has 1 fully saturated rings. The van der Waals surface area contributed by atoms with Crippen molar-refractivity contribution in [3.05, 3.63) is 59.8 Å². The number of benzene rings is 1. The van der Waals surface area contributed by atoms with Gasteiger partial charge in [-0.05, 0) is 42.7 Å². The van der Waals surface area contributed by atoms with Crippen LogP contribution in [-0.4, -0.2) is 6.03 Å². The van der Waals surface area contributed by atoms with Crippen molar-refractivity contribution < 1.29 is 13.6 Å². The van der Waals surface area contributed by atoms with Crippen LogP contribution in [0.25, 0.3) is 0 Å². The fraction of sp³-hybridized carbons (Fsp3) is 0.267. The van der Waals surface area contributed by atoms with Crippen molar-refractivity contribution in [1.29, 1.82) is 0 Å². The molecule has 0 saturated heterocycles. The second kappa shape index (κ2) is 5.00. The number of nitrogens with one attached hydrogen (secondary N) is 2. The minimum absolute atomic E-state index is 0.275. The molecular formula is C15H15FN2O2. The minimum atomic E-state index is -0.421. The molecule has 1 aromatic carbocycles. The lowest BCUT2D eigenvalue weighted by Crippen LogP contribution is -2.41. The Labute approximate surface area is 116 Å². The number of amides is 2. The van der Waals surface area contributed by atoms with Gasteiger partial charge in [0.25, 0.3) is 0 Å². The van der Waals surface area contributed by atoms with Gasteiger partial charge in [-0.3, -0.25) is 0 Å². The van der Waals surface area contributed by atoms with Gasteiger partial charge >= 0.3 is 6.03 Å². The molecule has 0 spiro atoms. The number of urea groups is 1. The van der Waals surface area contributed by atoms with Gasteiger partial charge in [0.15, 0.2) is 0 Å². The van der Waals surface area contributed by atoms with Crippen LogP contribution in [-0.2, 0) is 12.1 Å². The monoisotopic (exact) mass is 274 g/mol. The first-order valence-electron chi connectivity index (χ1n) is 6.52. The zero-order valence-electron chi connectivity index (χ0n) is 10.9. The maximum atomic E-state index is 13.3. The summed E-state index contributed by atoms with van der Waals surface area (Å²) in [7, 11) is 0. The third-order valence-corrected chi connectivity index (χ3v) is 3.48. The summed E-state index contributed by atoms with van der Waals surface area (Å²) in [6, 6.07) is 9.65. The first-order valence-corrected chi connectivity index (χ1v) is 6.52. The zero-order chi connectivity index (χ0) is 14.0. The van der Waals surface area contributed by atoms with Crippen LogP contribution in [0.15, 0.2) is 47.1 Å². The van der Waals surface area contributed by atoms with E-state index >= 15 is 0 Å². The number of hydrogen-bond donors (Lipinski definition) is 2. The average molecular weight is 274 g/mol. The summed E-state index contributed by atoms with van der Waals surface area (Å²) in [5, 5.41) is 5.64. The predicted octanol–water partition coefficient (Wildman–Crippen LogP) is 2.91. The van der Waals surface area contributed by atoms with E-state index in [1.54, 1.807) is 24.5 Å². The molecule has 1 aromatic heterocycles. The van der Waals surface area contributed by atoms with Crippen LogP contribution in [0.5, 0.6) is 0 Å². The lowest BCUT2D eigenvalue weighted by molar-refractivity contribution is 0.234. The molecule has 1 aliphatic rings. The molecule has 104 valence electrons. The van der Waals surface area contributed by atoms with Gasteiger partial charge in [-0.15, -0.1) is 0 Å². The summed E-state index contributed by atoms with van der Waals surface area (Å²) in [4.78, 5) is 11.9. The third kappa shape index (κ3) is 2.66. The van der Waals surface area contributed by atoms with Gasteiger partial charge in [-0.2, -0.15) is 0 Å². The van der Waals surface area contributed by atoms with Gasteiger partial charge in [-0.25, -0.2) is 9.18 Å². The number of carbonyl (C=O) groups excluding carboxylic acids is 1. The molecule has 0 bridgehead atoms. The Hall–Kier alpha value is -2.30. The molecule has 3 rings (SSSR count). The summed E-state index contributed by atoms with van der Waals surface area (Å²) in [5.41, 5.74) is 0.390. The highest BCUT2D eigenvalue weighted by molar-refractivity contribution is 5.75. The van der Waals surface area contributed by atoms with Gasteiger partial charge in [-0.1, -0.05) is 12.1 Å². The van der Waals surface area contributed by atoms with Crippen LogP contribution >= 0.6 is 0 Å². The van der Waals surface area contributed by atoms with Crippen LogP contribution in [0.4, 0.5) is 9.18 Å². The van der Waals surface area contributed by atoms with Crippen molar-refractivity contribution in [2.24, 2.45) is 0 Å². The van der Waals surface area contributed by atoms with E-state index in [0.717, 1.165) is 18.4 Å². The molecule has 0 unspecified atom stereocenters. The second-order valence-electron chi connectivity index (χ2n) is 4.98. The fourth-order valence-corrected chi connectivity index (χ4v) is 2.24. The van der Waals surface area contributed by atoms with E-state index in [4.69, 9.17) is 4.42 Å². The van der Waals surface area contributed by atoms with E-state index in [2.05, 4.69) is 10.6 Å². The van der Waals surface area contributed by atoms with Gasteiger partial charge in [0.1, 0.15) is 11.6 Å². The first kappa shape index (κ1) is 12.7. The Bertz CT molecular complexity index is 606. The summed E-state index contributed by atoms with van der Waals surface area (Å²) in [6.07, 6.45) is 3.21. The maximum absolute atomic E-state index is 13.3. The number of furan rings is 1. The standard InChI is InChI=1S/C15H15FN2O2/c16-12-4-1-3-11(9-12)15(6-7-15)18-14(19)17-10-13-5-2-8-20-13/h1-5,8-9H,6-7,10H2,(H2,17,18,19). The molecule has 0 aliphatic heterocycles. The van der Waals surface area contributed by atoms with E-state index in [-0.39, 0.29) is 11.8 Å². The van der Waals surface area contributed by atoms with Crippen molar-refractivity contribution in [2.45, 2.75) is 24.9 Å². The largest absolute Gasteiger partial charge is 0.467 e. The molecule has 5 heteroatoms. The lowest BCUT2D eigenvalue weighted by atomic mass is 10.1. The predicted molar refractivity (Wildman–Crippen MR) is 71.4 cm³/mol. The van der Waals surface area contributed by atoms with Crippen molar-refractivity contribution in [2.75, 3.05) is 0 Å². The molecule has 2 N–H and O–H groups in total. The number of hydrogen-bond acceptors (Lipinski definition) is 2. The quantitative estimate of drug-likeness (QED) is 0.900. The molecule has 4 nitrogen and oxygen atoms in total. The normalized spacial score (nSPS) is 15.7. The molecule has 0 radical (unpaired) electrons. The molecule has 2 aromatic rings. The summed E-state index contributed by atoms with van der Waals surface area (Å²) < 4.78 is 18.4. The highest BCUT2D eigenvalue weighted by Crippen LogP contribution is 2.45. The molecular weight excluding hydrogens is 259 g/mol. The summed E-state index contributed by atoms with van der Waals surface area (Å²) >= 11 is 0. The van der Waals surface area contributed by atoms with Crippen molar-refractivity contribution in [1.82, 2.24) is 10.6 Å². The van der Waals surface area contributed by atoms with Crippen molar-refractivity contribution in [3.63, 3.8) is 0 Å². The molecule has 20 heavy (non-hydrogen) atoms. The summed E-state index contributed by atoms with van der Waals surface area (Å²) in [5.74, 6) is 0.405. The summed E-state index contributed by atoms with van der Waals surface area (Å²) in [6.45, 7) is 0.331. The maximum Gasteiger partial charge on any atom is 0.315 e. The first-order chi connectivity index (χ1) is 9.68. The SMILES string of the molecule is O=C(NCc1ccco1)NC1(c2cccc(F)c2)CC1. The highest BCUT2D eigenvalue weighted by atomic mass is 19.1. The Kier molecular flexibility index (Phi) is 3.18. The molecule has 2 amide bonds. The highest BCUT2D eigenvalue weighted by Gasteiger charge is 2.45. The van der Waals surface area contributed by atoms with E-state index in [0.29, 0.717) is 12.3 Å². The van der Waals surface area contributed by atoms with Crippen molar-refractivity contribution in [3.8, 4) is 0 Å². The van der Waals surface area contributed by atoms with Gasteiger partial charge in [0, 0.05) is 0 Å². The van der Waals surface area contributed by atoms with Crippen LogP contribution in [0.2, 0.25) is 0 Å². The zero-order valence-corrected chi connectivity index (χ0v) is 10.9.